The van der Waals surface area contributed by atoms with E-state index in [0.717, 1.165) is 11.1 Å². The number of carbonyl (C=O) groups is 2. The van der Waals surface area contributed by atoms with E-state index in [4.69, 9.17) is 0 Å². The van der Waals surface area contributed by atoms with E-state index in [1.807, 2.05) is 60.7 Å². The standard InChI is InChI=1S/C20H20N4O2/c1-21-18(25)12-17(14-8-4-2-5-9-14)23-20(26)16-13-22-24-19(16)15-10-6-3-7-11-15/h2-11,13,17H,12H2,1H3,(H,21,25)(H,22,24)(H,23,26)/t17-/m0/s1. The van der Waals surface area contributed by atoms with E-state index in [1.165, 1.54) is 6.20 Å². The molecule has 0 unspecified atom stereocenters. The summed E-state index contributed by atoms with van der Waals surface area (Å²) in [6.07, 6.45) is 1.66. The molecule has 2 aromatic carbocycles. The minimum Gasteiger partial charge on any atom is -0.359 e. The molecule has 26 heavy (non-hydrogen) atoms. The smallest absolute Gasteiger partial charge is 0.255 e. The van der Waals surface area contributed by atoms with Crippen molar-refractivity contribution in [3.63, 3.8) is 0 Å². The van der Waals surface area contributed by atoms with E-state index >= 15 is 0 Å². The first-order valence-corrected chi connectivity index (χ1v) is 8.34. The first kappa shape index (κ1) is 17.4. The molecule has 0 aliphatic heterocycles. The van der Waals surface area contributed by atoms with Gasteiger partial charge < -0.3 is 10.6 Å². The highest BCUT2D eigenvalue weighted by Gasteiger charge is 2.21. The second kappa shape index (κ2) is 8.11. The zero-order chi connectivity index (χ0) is 18.4. The summed E-state index contributed by atoms with van der Waals surface area (Å²) < 4.78 is 0. The molecule has 0 radical (unpaired) electrons. The maximum absolute atomic E-state index is 12.9. The summed E-state index contributed by atoms with van der Waals surface area (Å²) in [5.41, 5.74) is 2.83. The Hall–Kier alpha value is -3.41. The molecule has 0 bridgehead atoms. The third kappa shape index (κ3) is 3.97. The lowest BCUT2D eigenvalue weighted by Gasteiger charge is -2.18. The fourth-order valence-corrected chi connectivity index (χ4v) is 2.74. The van der Waals surface area contributed by atoms with Crippen LogP contribution in [0.15, 0.2) is 66.9 Å². The third-order valence-corrected chi connectivity index (χ3v) is 4.12. The van der Waals surface area contributed by atoms with E-state index in [9.17, 15) is 9.59 Å². The van der Waals surface area contributed by atoms with E-state index in [-0.39, 0.29) is 18.2 Å². The summed E-state index contributed by atoms with van der Waals surface area (Å²) >= 11 is 0. The lowest BCUT2D eigenvalue weighted by atomic mass is 10.0. The predicted molar refractivity (Wildman–Crippen MR) is 99.4 cm³/mol. The van der Waals surface area contributed by atoms with Crippen LogP contribution in [0.25, 0.3) is 11.3 Å². The summed E-state index contributed by atoms with van der Waals surface area (Å²) in [6.45, 7) is 0. The number of hydrogen-bond acceptors (Lipinski definition) is 3. The number of nitrogens with one attached hydrogen (secondary N) is 3. The monoisotopic (exact) mass is 348 g/mol. The van der Waals surface area contributed by atoms with Gasteiger partial charge in [0.25, 0.3) is 5.91 Å². The molecule has 1 aromatic heterocycles. The molecule has 3 aromatic rings. The van der Waals surface area contributed by atoms with Crippen LogP contribution in [0.4, 0.5) is 0 Å². The van der Waals surface area contributed by atoms with E-state index in [0.29, 0.717) is 11.3 Å². The highest BCUT2D eigenvalue weighted by Crippen LogP contribution is 2.22. The largest absolute Gasteiger partial charge is 0.359 e. The molecule has 6 heteroatoms. The highest BCUT2D eigenvalue weighted by atomic mass is 16.2. The SMILES string of the molecule is CNC(=O)C[C@H](NC(=O)c1cn[nH]c1-c1ccccc1)c1ccccc1. The molecule has 0 aliphatic rings. The Morgan fingerprint density at radius 3 is 2.35 bits per heavy atom. The molecule has 3 rings (SSSR count). The van der Waals surface area contributed by atoms with Crippen LogP contribution in [0, 0.1) is 0 Å². The number of H-pyrrole nitrogens is 1. The van der Waals surface area contributed by atoms with Gasteiger partial charge in [-0.05, 0) is 5.56 Å². The van der Waals surface area contributed by atoms with Crippen molar-refractivity contribution in [2.75, 3.05) is 7.05 Å². The van der Waals surface area contributed by atoms with Gasteiger partial charge in [-0.25, -0.2) is 0 Å². The van der Waals surface area contributed by atoms with Gasteiger partial charge >= 0.3 is 0 Å². The van der Waals surface area contributed by atoms with Crippen LogP contribution in [0.1, 0.15) is 28.4 Å². The minimum absolute atomic E-state index is 0.144. The Balaban J connectivity index is 1.85. The van der Waals surface area contributed by atoms with Crippen molar-refractivity contribution in [2.24, 2.45) is 0 Å². The third-order valence-electron chi connectivity index (χ3n) is 4.12. The molecule has 0 saturated carbocycles. The molecule has 0 saturated heterocycles. The Bertz CT molecular complexity index is 875. The van der Waals surface area contributed by atoms with Gasteiger partial charge in [-0.2, -0.15) is 5.10 Å². The molecule has 1 atom stereocenters. The Kier molecular flexibility index (Phi) is 5.43. The molecule has 3 N–H and O–H groups in total. The van der Waals surface area contributed by atoms with Gasteiger partial charge in [0, 0.05) is 12.6 Å². The second-order valence-corrected chi connectivity index (χ2v) is 5.84. The van der Waals surface area contributed by atoms with Crippen LogP contribution in [0.5, 0.6) is 0 Å². The number of amides is 2. The number of aromatic amines is 1. The molecule has 132 valence electrons. The van der Waals surface area contributed by atoms with Crippen molar-refractivity contribution in [1.29, 1.82) is 0 Å². The average Bonchev–Trinajstić information content (AvgIpc) is 3.18. The first-order chi connectivity index (χ1) is 12.7. The number of carbonyl (C=O) groups excluding carboxylic acids is 2. The van der Waals surface area contributed by atoms with Crippen LogP contribution < -0.4 is 10.6 Å². The Morgan fingerprint density at radius 1 is 1.04 bits per heavy atom. The Labute approximate surface area is 151 Å². The number of benzene rings is 2. The van der Waals surface area contributed by atoms with Gasteiger partial charge in [0.1, 0.15) is 0 Å². The van der Waals surface area contributed by atoms with Crippen molar-refractivity contribution in [3.8, 4) is 11.3 Å². The van der Waals surface area contributed by atoms with E-state index in [2.05, 4.69) is 20.8 Å². The van der Waals surface area contributed by atoms with Gasteiger partial charge in [0.05, 0.1) is 29.9 Å². The van der Waals surface area contributed by atoms with Gasteiger partial charge in [-0.1, -0.05) is 60.7 Å². The maximum atomic E-state index is 12.9. The average molecular weight is 348 g/mol. The summed E-state index contributed by atoms with van der Waals surface area (Å²) in [5, 5.41) is 12.4. The highest BCUT2D eigenvalue weighted by molar-refractivity contribution is 6.00. The zero-order valence-electron chi connectivity index (χ0n) is 14.4. The lowest BCUT2D eigenvalue weighted by Crippen LogP contribution is -2.32. The normalized spacial score (nSPS) is 11.6. The van der Waals surface area contributed by atoms with Crippen LogP contribution in [-0.4, -0.2) is 29.1 Å². The number of hydrogen-bond donors (Lipinski definition) is 3. The molecule has 6 nitrogen and oxygen atoms in total. The molecular formula is C20H20N4O2. The lowest BCUT2D eigenvalue weighted by molar-refractivity contribution is -0.121. The van der Waals surface area contributed by atoms with Crippen molar-refractivity contribution >= 4 is 11.8 Å². The summed E-state index contributed by atoms with van der Waals surface area (Å²) in [7, 11) is 1.58. The van der Waals surface area contributed by atoms with Gasteiger partial charge in [0.2, 0.25) is 5.91 Å². The number of rotatable bonds is 6. The topological polar surface area (TPSA) is 86.9 Å². The molecule has 1 heterocycles. The van der Waals surface area contributed by atoms with Gasteiger partial charge in [-0.3, -0.25) is 14.7 Å². The zero-order valence-corrected chi connectivity index (χ0v) is 14.4. The van der Waals surface area contributed by atoms with Crippen molar-refractivity contribution < 1.29 is 9.59 Å². The maximum Gasteiger partial charge on any atom is 0.255 e. The summed E-state index contributed by atoms with van der Waals surface area (Å²) in [5.74, 6) is -0.426. The van der Waals surface area contributed by atoms with Crippen LogP contribution in [0.2, 0.25) is 0 Å². The molecule has 2 amide bonds. The van der Waals surface area contributed by atoms with Crippen molar-refractivity contribution in [1.82, 2.24) is 20.8 Å². The minimum atomic E-state index is -0.429. The molecule has 0 spiro atoms. The fourth-order valence-electron chi connectivity index (χ4n) is 2.74. The number of aromatic nitrogens is 2. The summed E-state index contributed by atoms with van der Waals surface area (Å²) in [6, 6.07) is 18.5. The molecule has 0 fully saturated rings. The first-order valence-electron chi connectivity index (χ1n) is 8.34. The fraction of sp³-hybridized carbons (Fsp3) is 0.150. The van der Waals surface area contributed by atoms with Crippen LogP contribution >= 0.6 is 0 Å². The van der Waals surface area contributed by atoms with Crippen LogP contribution in [-0.2, 0) is 4.79 Å². The molecular weight excluding hydrogens is 328 g/mol. The van der Waals surface area contributed by atoms with Crippen LogP contribution in [0.3, 0.4) is 0 Å². The van der Waals surface area contributed by atoms with Gasteiger partial charge in [-0.15, -0.1) is 0 Å². The number of nitrogens with zero attached hydrogens (tertiary/aromatic N) is 1. The van der Waals surface area contributed by atoms with Crippen molar-refractivity contribution in [3.05, 3.63) is 78.0 Å². The molecule has 0 aliphatic carbocycles. The van der Waals surface area contributed by atoms with E-state index in [1.54, 1.807) is 7.05 Å². The van der Waals surface area contributed by atoms with Crippen molar-refractivity contribution in [2.45, 2.75) is 12.5 Å². The summed E-state index contributed by atoms with van der Waals surface area (Å²) in [4.78, 5) is 24.7. The quantitative estimate of drug-likeness (QED) is 0.640. The van der Waals surface area contributed by atoms with Gasteiger partial charge in [0.15, 0.2) is 0 Å². The Morgan fingerprint density at radius 2 is 1.69 bits per heavy atom. The second-order valence-electron chi connectivity index (χ2n) is 5.84. The predicted octanol–water partition coefficient (Wildman–Crippen LogP) is 2.68. The van der Waals surface area contributed by atoms with E-state index < -0.39 is 6.04 Å².